The molecule has 0 fully saturated rings. The Labute approximate surface area is 507 Å². The monoisotopic (exact) mass is 1140 g/mol. The van der Waals surface area contributed by atoms with Crippen molar-refractivity contribution in [1.29, 1.82) is 0 Å². The van der Waals surface area contributed by atoms with Crippen molar-refractivity contribution in [1.82, 2.24) is 0 Å². The molecule has 1 atom stereocenters. The van der Waals surface area contributed by atoms with Crippen LogP contribution < -0.4 is 0 Å². The van der Waals surface area contributed by atoms with E-state index in [9.17, 15) is 14.4 Å². The lowest BCUT2D eigenvalue weighted by Crippen LogP contribution is -2.30. The lowest BCUT2D eigenvalue weighted by atomic mass is 10.1. The van der Waals surface area contributed by atoms with E-state index < -0.39 is 6.10 Å². The Bertz CT molecular complexity index is 1690. The van der Waals surface area contributed by atoms with Gasteiger partial charge in [0.15, 0.2) is 6.10 Å². The molecule has 0 spiro atoms. The van der Waals surface area contributed by atoms with Crippen molar-refractivity contribution in [3.63, 3.8) is 0 Å². The maximum atomic E-state index is 12.9. The third kappa shape index (κ3) is 66.6. The third-order valence-electron chi connectivity index (χ3n) is 14.7. The van der Waals surface area contributed by atoms with Gasteiger partial charge < -0.3 is 14.2 Å². The predicted molar refractivity (Wildman–Crippen MR) is 357 cm³/mol. The van der Waals surface area contributed by atoms with E-state index in [0.29, 0.717) is 19.3 Å². The van der Waals surface area contributed by atoms with Gasteiger partial charge in [-0.1, -0.05) is 290 Å². The SMILES string of the molecule is CC/C=C\C/C=C\C/C=C\C/C=C\C/C=C\C/C=C\C/C=C\C/C=C\CCCCCCCCCCC(=O)OCC(COC(=O)CCCCCCC/C=C\CCCCCCC)OC(=O)CCCCCCCCC/C=C\CCCCCCCC. The van der Waals surface area contributed by atoms with E-state index in [1.807, 2.05) is 0 Å². The lowest BCUT2D eigenvalue weighted by Gasteiger charge is -2.18. The van der Waals surface area contributed by atoms with E-state index in [1.165, 1.54) is 161 Å². The van der Waals surface area contributed by atoms with E-state index in [4.69, 9.17) is 14.2 Å². The van der Waals surface area contributed by atoms with Gasteiger partial charge in [0.05, 0.1) is 0 Å². The predicted octanol–water partition coefficient (Wildman–Crippen LogP) is 23.9. The summed E-state index contributed by atoms with van der Waals surface area (Å²) in [6.07, 6.45) is 96.4. The molecule has 0 aliphatic carbocycles. The summed E-state index contributed by atoms with van der Waals surface area (Å²) in [5, 5.41) is 0. The van der Waals surface area contributed by atoms with Crippen LogP contribution in [0.5, 0.6) is 0 Å². The number of allylic oxidation sites excluding steroid dienone is 20. The Morgan fingerprint density at radius 2 is 0.476 bits per heavy atom. The van der Waals surface area contributed by atoms with Crippen LogP contribution in [-0.2, 0) is 28.6 Å². The first-order chi connectivity index (χ1) is 40.5. The van der Waals surface area contributed by atoms with Gasteiger partial charge in [-0.2, -0.15) is 0 Å². The zero-order valence-electron chi connectivity index (χ0n) is 53.7. The molecule has 0 aromatic rings. The Kier molecular flexibility index (Phi) is 65.8. The van der Waals surface area contributed by atoms with E-state index in [0.717, 1.165) is 122 Å². The van der Waals surface area contributed by atoms with Crippen LogP contribution in [0.2, 0.25) is 0 Å². The minimum Gasteiger partial charge on any atom is -0.462 e. The molecule has 6 heteroatoms. The second-order valence-corrected chi connectivity index (χ2v) is 22.7. The molecule has 0 saturated carbocycles. The summed E-state index contributed by atoms with van der Waals surface area (Å²) in [6.45, 7) is 6.52. The first-order valence-electron chi connectivity index (χ1n) is 34.5. The number of carbonyl (C=O) groups excluding carboxylic acids is 3. The number of carbonyl (C=O) groups is 3. The standard InChI is InChI=1S/C76H128O6/c1-4-7-10-13-16-19-22-25-28-30-31-32-33-34-35-36-37-38-39-40-41-42-43-44-45-47-48-51-54-57-60-63-66-69-75(78)81-72-73(71-80-74(77)68-65-62-59-56-53-50-27-24-21-18-15-12-9-6-3)82-76(79)70-67-64-61-58-55-52-49-46-29-26-23-20-17-14-11-8-5-2/h7,10,16,19,24-29,31-32,34-35,37-38,40-41,43-44,73H,4-6,8-9,11-15,17-18,20-23,30,33,36,39,42,45-72H2,1-3H3/b10-7-,19-16-,27-24-,28-25-,29-26-,32-31-,35-34-,38-37-,41-40-,44-43-. The van der Waals surface area contributed by atoms with E-state index in [1.54, 1.807) is 0 Å². The molecule has 82 heavy (non-hydrogen) atoms. The maximum absolute atomic E-state index is 12.9. The molecule has 0 bridgehead atoms. The molecule has 0 amide bonds. The molecule has 6 nitrogen and oxygen atoms in total. The molecule has 0 N–H and O–H groups in total. The average Bonchev–Trinajstić information content (AvgIpc) is 3.47. The van der Waals surface area contributed by atoms with E-state index >= 15 is 0 Å². The zero-order chi connectivity index (χ0) is 59.2. The van der Waals surface area contributed by atoms with Crippen LogP contribution in [0.25, 0.3) is 0 Å². The van der Waals surface area contributed by atoms with E-state index in [2.05, 4.69) is 142 Å². The van der Waals surface area contributed by atoms with Gasteiger partial charge in [-0.15, -0.1) is 0 Å². The molecule has 0 aliphatic rings. The van der Waals surface area contributed by atoms with Gasteiger partial charge in [-0.3, -0.25) is 14.4 Å². The quantitative estimate of drug-likeness (QED) is 0.0261. The third-order valence-corrected chi connectivity index (χ3v) is 14.7. The summed E-state index contributed by atoms with van der Waals surface area (Å²) >= 11 is 0. The molecular formula is C76H128O6. The van der Waals surface area contributed by atoms with Gasteiger partial charge in [-0.25, -0.2) is 0 Å². The summed E-state index contributed by atoms with van der Waals surface area (Å²) in [6, 6.07) is 0. The van der Waals surface area contributed by atoms with Crippen LogP contribution >= 0.6 is 0 Å². The van der Waals surface area contributed by atoms with Gasteiger partial charge in [0.1, 0.15) is 13.2 Å². The van der Waals surface area contributed by atoms with Crippen molar-refractivity contribution < 1.29 is 28.6 Å². The molecule has 0 aromatic carbocycles. The molecule has 0 saturated heterocycles. The van der Waals surface area contributed by atoms with Gasteiger partial charge >= 0.3 is 17.9 Å². The number of unbranched alkanes of at least 4 members (excludes halogenated alkanes) is 31. The minimum absolute atomic E-state index is 0.0863. The summed E-state index contributed by atoms with van der Waals surface area (Å²) in [4.78, 5) is 38.4. The first kappa shape index (κ1) is 77.8. The van der Waals surface area contributed by atoms with Crippen molar-refractivity contribution in [2.75, 3.05) is 13.2 Å². The second kappa shape index (κ2) is 69.3. The number of esters is 3. The molecule has 0 rings (SSSR count). The van der Waals surface area contributed by atoms with Crippen molar-refractivity contribution >= 4 is 17.9 Å². The summed E-state index contributed by atoms with van der Waals surface area (Å²) in [7, 11) is 0. The summed E-state index contributed by atoms with van der Waals surface area (Å²) in [5.74, 6) is -0.898. The smallest absolute Gasteiger partial charge is 0.306 e. The highest BCUT2D eigenvalue weighted by Crippen LogP contribution is 2.16. The second-order valence-electron chi connectivity index (χ2n) is 22.7. The average molecular weight is 1140 g/mol. The fraction of sp³-hybridized carbons (Fsp3) is 0.697. The van der Waals surface area contributed by atoms with Crippen LogP contribution in [0.15, 0.2) is 122 Å². The highest BCUT2D eigenvalue weighted by atomic mass is 16.6. The fourth-order valence-corrected chi connectivity index (χ4v) is 9.51. The molecular weight excluding hydrogens is 1010 g/mol. The van der Waals surface area contributed by atoms with Gasteiger partial charge in [-0.05, 0) is 135 Å². The van der Waals surface area contributed by atoms with Crippen molar-refractivity contribution in [2.24, 2.45) is 0 Å². The van der Waals surface area contributed by atoms with E-state index in [-0.39, 0.29) is 31.1 Å². The minimum atomic E-state index is -0.790. The van der Waals surface area contributed by atoms with Crippen molar-refractivity contribution in [3.8, 4) is 0 Å². The van der Waals surface area contributed by atoms with Crippen molar-refractivity contribution in [3.05, 3.63) is 122 Å². The summed E-state index contributed by atoms with van der Waals surface area (Å²) in [5.41, 5.74) is 0. The van der Waals surface area contributed by atoms with Crippen LogP contribution in [0, 0.1) is 0 Å². The molecule has 0 radical (unpaired) electrons. The number of rotatable bonds is 62. The Morgan fingerprint density at radius 1 is 0.256 bits per heavy atom. The highest BCUT2D eigenvalue weighted by Gasteiger charge is 2.19. The lowest BCUT2D eigenvalue weighted by molar-refractivity contribution is -0.167. The van der Waals surface area contributed by atoms with Crippen LogP contribution in [0.1, 0.15) is 323 Å². The van der Waals surface area contributed by atoms with Crippen molar-refractivity contribution in [2.45, 2.75) is 329 Å². The number of hydrogen-bond acceptors (Lipinski definition) is 6. The zero-order valence-corrected chi connectivity index (χ0v) is 53.7. The highest BCUT2D eigenvalue weighted by molar-refractivity contribution is 5.71. The number of hydrogen-bond donors (Lipinski definition) is 0. The largest absolute Gasteiger partial charge is 0.462 e. The molecule has 1 unspecified atom stereocenters. The Balaban J connectivity index is 4.30. The normalized spacial score (nSPS) is 12.9. The summed E-state index contributed by atoms with van der Waals surface area (Å²) < 4.78 is 16.9. The molecule has 0 heterocycles. The molecule has 468 valence electrons. The Morgan fingerprint density at radius 3 is 0.756 bits per heavy atom. The van der Waals surface area contributed by atoms with Crippen LogP contribution in [-0.4, -0.2) is 37.2 Å². The number of ether oxygens (including phenoxy) is 3. The van der Waals surface area contributed by atoms with Gasteiger partial charge in [0.25, 0.3) is 0 Å². The molecule has 0 aromatic heterocycles. The topological polar surface area (TPSA) is 78.9 Å². The maximum Gasteiger partial charge on any atom is 0.306 e. The van der Waals surface area contributed by atoms with Gasteiger partial charge in [0.2, 0.25) is 0 Å². The van der Waals surface area contributed by atoms with Crippen LogP contribution in [0.4, 0.5) is 0 Å². The Hall–Kier alpha value is -4.19. The van der Waals surface area contributed by atoms with Crippen LogP contribution in [0.3, 0.4) is 0 Å². The van der Waals surface area contributed by atoms with Gasteiger partial charge in [0, 0.05) is 19.3 Å². The fourth-order valence-electron chi connectivity index (χ4n) is 9.51. The molecule has 0 aliphatic heterocycles. The first-order valence-corrected chi connectivity index (χ1v) is 34.5.